The molecule has 0 saturated heterocycles. The molecule has 3 aromatic rings. The molecular weight excluding hydrogens is 253 g/mol. The Morgan fingerprint density at radius 3 is 2.50 bits per heavy atom. The van der Waals surface area contributed by atoms with Crippen LogP contribution in [0, 0.1) is 5.82 Å². The van der Waals surface area contributed by atoms with E-state index in [2.05, 4.69) is 15.3 Å². The fourth-order valence-corrected chi connectivity index (χ4v) is 2.05. The van der Waals surface area contributed by atoms with Gasteiger partial charge in [-0.2, -0.15) is 0 Å². The predicted octanol–water partition coefficient (Wildman–Crippen LogP) is 4.07. The van der Waals surface area contributed by atoms with Crippen LogP contribution in [0.5, 0.6) is 0 Å². The van der Waals surface area contributed by atoms with Gasteiger partial charge in [-0.05, 0) is 36.4 Å². The third-order valence-electron chi connectivity index (χ3n) is 3.07. The summed E-state index contributed by atoms with van der Waals surface area (Å²) in [4.78, 5) is 9.02. The molecule has 1 N–H and O–H groups in total. The molecule has 0 fully saturated rings. The Morgan fingerprint density at radius 1 is 1.00 bits per heavy atom. The molecule has 0 amide bonds. The molecule has 100 valence electrons. The minimum atomic E-state index is -0.252. The number of fused-ring (bicyclic) bond motifs is 1. The summed E-state index contributed by atoms with van der Waals surface area (Å²) in [5.74, 6) is 1.28. The minimum absolute atomic E-state index is 0.252. The topological polar surface area (TPSA) is 37.8 Å². The molecule has 3 nitrogen and oxygen atoms in total. The van der Waals surface area contributed by atoms with Gasteiger partial charge >= 0.3 is 0 Å². The molecule has 0 bridgehead atoms. The standard InChI is InChI=1S/C16H14FN3/c1-2-15-19-14-6-4-3-5-13(14)16(20-15)18-12-9-7-11(17)8-10-12/h3-10H,2H2,1H3,(H,18,19,20). The molecule has 2 aromatic carbocycles. The number of rotatable bonds is 3. The second kappa shape index (κ2) is 5.25. The van der Waals surface area contributed by atoms with Crippen LogP contribution in [0.3, 0.4) is 0 Å². The van der Waals surface area contributed by atoms with Crippen molar-refractivity contribution in [3.05, 3.63) is 60.2 Å². The number of benzene rings is 2. The number of hydrogen-bond donors (Lipinski definition) is 1. The molecule has 0 aliphatic carbocycles. The van der Waals surface area contributed by atoms with Crippen molar-refractivity contribution in [1.29, 1.82) is 0 Å². The van der Waals surface area contributed by atoms with E-state index in [9.17, 15) is 4.39 Å². The first-order valence-electron chi connectivity index (χ1n) is 6.54. The van der Waals surface area contributed by atoms with Gasteiger partial charge in [-0.1, -0.05) is 19.1 Å². The molecule has 0 aliphatic heterocycles. The fourth-order valence-electron chi connectivity index (χ4n) is 2.05. The van der Waals surface area contributed by atoms with Gasteiger partial charge in [0.25, 0.3) is 0 Å². The molecule has 1 heterocycles. The Hall–Kier alpha value is -2.49. The highest BCUT2D eigenvalue weighted by atomic mass is 19.1. The zero-order valence-corrected chi connectivity index (χ0v) is 11.1. The van der Waals surface area contributed by atoms with E-state index in [-0.39, 0.29) is 5.82 Å². The van der Waals surface area contributed by atoms with E-state index in [1.807, 2.05) is 31.2 Å². The van der Waals surface area contributed by atoms with E-state index in [0.29, 0.717) is 0 Å². The Labute approximate surface area is 116 Å². The monoisotopic (exact) mass is 267 g/mol. The van der Waals surface area contributed by atoms with Gasteiger partial charge in [-0.25, -0.2) is 14.4 Å². The lowest BCUT2D eigenvalue weighted by molar-refractivity contribution is 0.628. The minimum Gasteiger partial charge on any atom is -0.340 e. The maximum atomic E-state index is 12.9. The molecule has 0 spiro atoms. The molecule has 1 aromatic heterocycles. The quantitative estimate of drug-likeness (QED) is 0.777. The highest BCUT2D eigenvalue weighted by Gasteiger charge is 2.06. The molecule has 20 heavy (non-hydrogen) atoms. The summed E-state index contributed by atoms with van der Waals surface area (Å²) in [5, 5.41) is 4.18. The molecule has 0 saturated carbocycles. The summed E-state index contributed by atoms with van der Waals surface area (Å²) in [6.45, 7) is 2.02. The van der Waals surface area contributed by atoms with Gasteiger partial charge in [-0.15, -0.1) is 0 Å². The van der Waals surface area contributed by atoms with Gasteiger partial charge in [0, 0.05) is 17.5 Å². The van der Waals surface area contributed by atoms with E-state index < -0.39 is 0 Å². The van der Waals surface area contributed by atoms with Crippen molar-refractivity contribution in [2.24, 2.45) is 0 Å². The van der Waals surface area contributed by atoms with Crippen LogP contribution in [0.1, 0.15) is 12.7 Å². The van der Waals surface area contributed by atoms with E-state index in [1.54, 1.807) is 12.1 Å². The summed E-state index contributed by atoms with van der Waals surface area (Å²) in [5.41, 5.74) is 1.71. The van der Waals surface area contributed by atoms with Crippen LogP contribution < -0.4 is 5.32 Å². The van der Waals surface area contributed by atoms with Crippen molar-refractivity contribution in [2.45, 2.75) is 13.3 Å². The van der Waals surface area contributed by atoms with Gasteiger partial charge in [0.2, 0.25) is 0 Å². The summed E-state index contributed by atoms with van der Waals surface area (Å²) in [7, 11) is 0. The SMILES string of the molecule is CCc1nc(Nc2ccc(F)cc2)c2ccccc2n1. The van der Waals surface area contributed by atoms with E-state index in [1.165, 1.54) is 12.1 Å². The van der Waals surface area contributed by atoms with Gasteiger partial charge in [0.1, 0.15) is 17.5 Å². The maximum Gasteiger partial charge on any atom is 0.142 e. The summed E-state index contributed by atoms with van der Waals surface area (Å²) >= 11 is 0. The van der Waals surface area contributed by atoms with Gasteiger partial charge in [0.05, 0.1) is 5.52 Å². The number of anilines is 2. The number of nitrogens with zero attached hydrogens (tertiary/aromatic N) is 2. The predicted molar refractivity (Wildman–Crippen MR) is 78.6 cm³/mol. The molecule has 0 atom stereocenters. The van der Waals surface area contributed by atoms with Crippen molar-refractivity contribution < 1.29 is 4.39 Å². The Morgan fingerprint density at radius 2 is 1.75 bits per heavy atom. The second-order valence-electron chi connectivity index (χ2n) is 4.49. The van der Waals surface area contributed by atoms with Crippen molar-refractivity contribution in [1.82, 2.24) is 9.97 Å². The zero-order chi connectivity index (χ0) is 13.9. The van der Waals surface area contributed by atoms with E-state index in [0.717, 1.165) is 34.7 Å². The van der Waals surface area contributed by atoms with Crippen LogP contribution in [0.15, 0.2) is 48.5 Å². The zero-order valence-electron chi connectivity index (χ0n) is 11.1. The molecular formula is C16H14FN3. The van der Waals surface area contributed by atoms with Crippen molar-refractivity contribution in [2.75, 3.05) is 5.32 Å². The highest BCUT2D eigenvalue weighted by Crippen LogP contribution is 2.24. The average Bonchev–Trinajstić information content (AvgIpc) is 2.49. The molecule has 3 rings (SSSR count). The Kier molecular flexibility index (Phi) is 3.29. The van der Waals surface area contributed by atoms with Crippen LogP contribution in [0.2, 0.25) is 0 Å². The number of aryl methyl sites for hydroxylation is 1. The van der Waals surface area contributed by atoms with Crippen molar-refractivity contribution in [3.63, 3.8) is 0 Å². The van der Waals surface area contributed by atoms with Crippen LogP contribution in [0.25, 0.3) is 10.9 Å². The van der Waals surface area contributed by atoms with Crippen LogP contribution in [-0.2, 0) is 6.42 Å². The van der Waals surface area contributed by atoms with Gasteiger partial charge in [0.15, 0.2) is 0 Å². The van der Waals surface area contributed by atoms with Gasteiger partial charge in [-0.3, -0.25) is 0 Å². The van der Waals surface area contributed by atoms with Crippen LogP contribution >= 0.6 is 0 Å². The first-order valence-corrected chi connectivity index (χ1v) is 6.54. The first-order chi connectivity index (χ1) is 9.76. The number of aromatic nitrogens is 2. The lowest BCUT2D eigenvalue weighted by Gasteiger charge is -2.10. The van der Waals surface area contributed by atoms with Crippen LogP contribution in [0.4, 0.5) is 15.9 Å². The fraction of sp³-hybridized carbons (Fsp3) is 0.125. The average molecular weight is 267 g/mol. The lowest BCUT2D eigenvalue weighted by Crippen LogP contribution is -2.01. The Balaban J connectivity index is 2.07. The van der Waals surface area contributed by atoms with Crippen molar-refractivity contribution >= 4 is 22.4 Å². The summed E-state index contributed by atoms with van der Waals surface area (Å²) in [6, 6.07) is 14.1. The number of hydrogen-bond acceptors (Lipinski definition) is 3. The van der Waals surface area contributed by atoms with Crippen molar-refractivity contribution in [3.8, 4) is 0 Å². The maximum absolute atomic E-state index is 12.9. The number of nitrogens with one attached hydrogen (secondary N) is 1. The number of para-hydroxylation sites is 1. The molecule has 0 aliphatic rings. The third-order valence-corrected chi connectivity index (χ3v) is 3.07. The summed E-state index contributed by atoms with van der Waals surface area (Å²) < 4.78 is 12.9. The van der Waals surface area contributed by atoms with Crippen LogP contribution in [-0.4, -0.2) is 9.97 Å². The number of halogens is 1. The smallest absolute Gasteiger partial charge is 0.142 e. The second-order valence-corrected chi connectivity index (χ2v) is 4.49. The molecule has 0 unspecified atom stereocenters. The lowest BCUT2D eigenvalue weighted by atomic mass is 10.2. The third kappa shape index (κ3) is 2.45. The first kappa shape index (κ1) is 12.5. The summed E-state index contributed by atoms with van der Waals surface area (Å²) in [6.07, 6.45) is 0.767. The van der Waals surface area contributed by atoms with Gasteiger partial charge < -0.3 is 5.32 Å². The van der Waals surface area contributed by atoms with E-state index >= 15 is 0 Å². The highest BCUT2D eigenvalue weighted by molar-refractivity contribution is 5.90. The molecule has 0 radical (unpaired) electrons. The Bertz CT molecular complexity index is 738. The molecule has 4 heteroatoms. The normalized spacial score (nSPS) is 10.7. The largest absolute Gasteiger partial charge is 0.340 e. The van der Waals surface area contributed by atoms with E-state index in [4.69, 9.17) is 0 Å².